The number of nitrogens with one attached hydrogen (secondary N) is 2. The third kappa shape index (κ3) is 2.62. The molecule has 17 heavy (non-hydrogen) atoms. The van der Waals surface area contributed by atoms with E-state index in [1.54, 1.807) is 13.0 Å². The second-order valence-electron chi connectivity index (χ2n) is 4.20. The second kappa shape index (κ2) is 4.55. The molecule has 0 fully saturated rings. The summed E-state index contributed by atoms with van der Waals surface area (Å²) in [4.78, 5) is 22.7. The molecule has 0 saturated carbocycles. The van der Waals surface area contributed by atoms with E-state index in [0.717, 1.165) is 17.7 Å². The Labute approximate surface area is 99.4 Å². The van der Waals surface area contributed by atoms with Gasteiger partial charge in [-0.3, -0.25) is 9.59 Å². The Balaban J connectivity index is 2.18. The van der Waals surface area contributed by atoms with Gasteiger partial charge in [0.05, 0.1) is 6.04 Å². The van der Waals surface area contributed by atoms with E-state index in [1.807, 2.05) is 12.1 Å². The van der Waals surface area contributed by atoms with Crippen molar-refractivity contribution in [3.63, 3.8) is 0 Å². The fourth-order valence-corrected chi connectivity index (χ4v) is 1.71. The molecule has 1 aromatic rings. The molecule has 4 N–H and O–H groups in total. The van der Waals surface area contributed by atoms with Crippen LogP contribution in [0.25, 0.3) is 0 Å². The van der Waals surface area contributed by atoms with Crippen LogP contribution in [-0.2, 0) is 16.0 Å². The molecule has 5 nitrogen and oxygen atoms in total. The molecule has 0 saturated heterocycles. The van der Waals surface area contributed by atoms with Crippen molar-refractivity contribution in [3.05, 3.63) is 23.8 Å². The SMILES string of the molecule is C[C@H](N)C(=O)Nc1ccc2c(c1)NC(=O)CC2. The van der Waals surface area contributed by atoms with Crippen molar-refractivity contribution in [1.29, 1.82) is 0 Å². The highest BCUT2D eigenvalue weighted by atomic mass is 16.2. The van der Waals surface area contributed by atoms with Gasteiger partial charge in [0, 0.05) is 17.8 Å². The Bertz CT molecular complexity index is 469. The molecular weight excluding hydrogens is 218 g/mol. The Morgan fingerprint density at radius 3 is 2.94 bits per heavy atom. The molecule has 2 rings (SSSR count). The van der Waals surface area contributed by atoms with Crippen LogP contribution >= 0.6 is 0 Å². The molecule has 5 heteroatoms. The zero-order valence-electron chi connectivity index (χ0n) is 9.62. The Morgan fingerprint density at radius 2 is 2.24 bits per heavy atom. The minimum Gasteiger partial charge on any atom is -0.326 e. The normalized spacial score (nSPS) is 15.8. The number of hydrogen-bond donors (Lipinski definition) is 3. The standard InChI is InChI=1S/C12H15N3O2/c1-7(13)12(17)14-9-4-2-8-3-5-11(16)15-10(8)6-9/h2,4,6-7H,3,5,13H2,1H3,(H,14,17)(H,15,16)/t7-/m0/s1. The highest BCUT2D eigenvalue weighted by molar-refractivity contribution is 5.97. The summed E-state index contributed by atoms with van der Waals surface area (Å²) >= 11 is 0. The van der Waals surface area contributed by atoms with Gasteiger partial charge < -0.3 is 16.4 Å². The lowest BCUT2D eigenvalue weighted by atomic mass is 10.0. The van der Waals surface area contributed by atoms with Crippen molar-refractivity contribution in [2.24, 2.45) is 5.73 Å². The highest BCUT2D eigenvalue weighted by Gasteiger charge is 2.15. The molecule has 1 aromatic carbocycles. The van der Waals surface area contributed by atoms with E-state index in [0.29, 0.717) is 12.1 Å². The smallest absolute Gasteiger partial charge is 0.240 e. The van der Waals surface area contributed by atoms with Crippen LogP contribution < -0.4 is 16.4 Å². The number of anilines is 2. The molecule has 0 spiro atoms. The number of amides is 2. The topological polar surface area (TPSA) is 84.2 Å². The quantitative estimate of drug-likeness (QED) is 0.708. The van der Waals surface area contributed by atoms with E-state index in [1.165, 1.54) is 0 Å². The van der Waals surface area contributed by atoms with E-state index in [2.05, 4.69) is 10.6 Å². The lowest BCUT2D eigenvalue weighted by Gasteiger charge is -2.18. The van der Waals surface area contributed by atoms with E-state index in [-0.39, 0.29) is 11.8 Å². The number of benzene rings is 1. The molecule has 0 radical (unpaired) electrons. The first-order valence-electron chi connectivity index (χ1n) is 5.55. The Morgan fingerprint density at radius 1 is 1.47 bits per heavy atom. The number of rotatable bonds is 2. The predicted molar refractivity (Wildman–Crippen MR) is 65.7 cm³/mol. The van der Waals surface area contributed by atoms with Crippen LogP contribution in [0.1, 0.15) is 18.9 Å². The summed E-state index contributed by atoms with van der Waals surface area (Å²) in [6.07, 6.45) is 1.25. The zero-order chi connectivity index (χ0) is 12.4. The minimum atomic E-state index is -0.555. The zero-order valence-corrected chi connectivity index (χ0v) is 9.62. The van der Waals surface area contributed by atoms with E-state index >= 15 is 0 Å². The number of carbonyl (C=O) groups excluding carboxylic acids is 2. The highest BCUT2D eigenvalue weighted by Crippen LogP contribution is 2.25. The maximum absolute atomic E-state index is 11.4. The predicted octanol–water partition coefficient (Wildman–Crippen LogP) is 0.857. The summed E-state index contributed by atoms with van der Waals surface area (Å²) in [6, 6.07) is 4.93. The van der Waals surface area contributed by atoms with Crippen molar-refractivity contribution >= 4 is 23.2 Å². The van der Waals surface area contributed by atoms with Crippen LogP contribution in [0, 0.1) is 0 Å². The van der Waals surface area contributed by atoms with Crippen molar-refractivity contribution < 1.29 is 9.59 Å². The monoisotopic (exact) mass is 233 g/mol. The maximum atomic E-state index is 11.4. The van der Waals surface area contributed by atoms with Crippen LogP contribution in [-0.4, -0.2) is 17.9 Å². The van der Waals surface area contributed by atoms with E-state index in [4.69, 9.17) is 5.73 Å². The lowest BCUT2D eigenvalue weighted by molar-refractivity contribution is -0.117. The number of aryl methyl sites for hydroxylation is 1. The fourth-order valence-electron chi connectivity index (χ4n) is 1.71. The average molecular weight is 233 g/mol. The van der Waals surface area contributed by atoms with Crippen LogP contribution in [0.4, 0.5) is 11.4 Å². The summed E-state index contributed by atoms with van der Waals surface area (Å²) < 4.78 is 0. The molecule has 1 aliphatic rings. The number of hydrogen-bond acceptors (Lipinski definition) is 3. The molecule has 1 atom stereocenters. The molecule has 1 aliphatic heterocycles. The molecular formula is C12H15N3O2. The average Bonchev–Trinajstić information content (AvgIpc) is 2.28. The van der Waals surface area contributed by atoms with Crippen LogP contribution in [0.3, 0.4) is 0 Å². The third-order valence-corrected chi connectivity index (χ3v) is 2.69. The molecule has 0 bridgehead atoms. The molecule has 0 unspecified atom stereocenters. The van der Waals surface area contributed by atoms with Gasteiger partial charge in [0.2, 0.25) is 11.8 Å². The van der Waals surface area contributed by atoms with Crippen molar-refractivity contribution in [2.45, 2.75) is 25.8 Å². The Hall–Kier alpha value is -1.88. The van der Waals surface area contributed by atoms with Gasteiger partial charge in [0.1, 0.15) is 0 Å². The van der Waals surface area contributed by atoms with Crippen LogP contribution in [0.2, 0.25) is 0 Å². The maximum Gasteiger partial charge on any atom is 0.240 e. The van der Waals surface area contributed by atoms with Gasteiger partial charge in [0.15, 0.2) is 0 Å². The fraction of sp³-hybridized carbons (Fsp3) is 0.333. The summed E-state index contributed by atoms with van der Waals surface area (Å²) in [6.45, 7) is 1.62. The van der Waals surface area contributed by atoms with Gasteiger partial charge >= 0.3 is 0 Å². The van der Waals surface area contributed by atoms with Crippen molar-refractivity contribution in [1.82, 2.24) is 0 Å². The summed E-state index contributed by atoms with van der Waals surface area (Å²) in [5.74, 6) is -0.236. The third-order valence-electron chi connectivity index (χ3n) is 2.69. The molecule has 90 valence electrons. The van der Waals surface area contributed by atoms with Gasteiger partial charge in [-0.05, 0) is 31.0 Å². The number of nitrogens with two attached hydrogens (primary N) is 1. The van der Waals surface area contributed by atoms with Crippen molar-refractivity contribution in [2.75, 3.05) is 10.6 Å². The summed E-state index contributed by atoms with van der Waals surface area (Å²) in [5, 5.41) is 5.47. The molecule has 0 aliphatic carbocycles. The van der Waals surface area contributed by atoms with Gasteiger partial charge in [-0.2, -0.15) is 0 Å². The van der Waals surface area contributed by atoms with Crippen LogP contribution in [0.5, 0.6) is 0 Å². The second-order valence-corrected chi connectivity index (χ2v) is 4.20. The van der Waals surface area contributed by atoms with Gasteiger partial charge in [0.25, 0.3) is 0 Å². The largest absolute Gasteiger partial charge is 0.326 e. The molecule has 0 aromatic heterocycles. The molecule has 2 amide bonds. The first-order valence-corrected chi connectivity index (χ1v) is 5.55. The van der Waals surface area contributed by atoms with Crippen molar-refractivity contribution in [3.8, 4) is 0 Å². The number of carbonyl (C=O) groups is 2. The summed E-state index contributed by atoms with van der Waals surface area (Å²) in [7, 11) is 0. The lowest BCUT2D eigenvalue weighted by Crippen LogP contribution is -2.32. The first-order chi connectivity index (χ1) is 8.06. The first kappa shape index (κ1) is 11.6. The van der Waals surface area contributed by atoms with Gasteiger partial charge in [-0.15, -0.1) is 0 Å². The number of fused-ring (bicyclic) bond motifs is 1. The molecule has 1 heterocycles. The van der Waals surface area contributed by atoms with Gasteiger partial charge in [-0.1, -0.05) is 6.07 Å². The van der Waals surface area contributed by atoms with Gasteiger partial charge in [-0.25, -0.2) is 0 Å². The van der Waals surface area contributed by atoms with Crippen LogP contribution in [0.15, 0.2) is 18.2 Å². The van der Waals surface area contributed by atoms with E-state index in [9.17, 15) is 9.59 Å². The van der Waals surface area contributed by atoms with E-state index < -0.39 is 6.04 Å². The summed E-state index contributed by atoms with van der Waals surface area (Å²) in [5.41, 5.74) is 7.96. The Kier molecular flexibility index (Phi) is 3.10. The minimum absolute atomic E-state index is 0.00756.